The van der Waals surface area contributed by atoms with E-state index >= 15 is 0 Å². The number of halogens is 1. The Hall–Kier alpha value is -2.94. The largest absolute Gasteiger partial charge is 0.444 e. The van der Waals surface area contributed by atoms with Crippen molar-refractivity contribution >= 4 is 39.3 Å². The molecule has 3 aromatic heterocycles. The normalized spacial score (nSPS) is 14.2. The van der Waals surface area contributed by atoms with Crippen molar-refractivity contribution in [2.24, 2.45) is 0 Å². The fourth-order valence-electron chi connectivity index (χ4n) is 2.96. The summed E-state index contributed by atoms with van der Waals surface area (Å²) >= 11 is 3.22. The number of hydrogen-bond acceptors (Lipinski definition) is 7. The molecule has 0 radical (unpaired) electrons. The summed E-state index contributed by atoms with van der Waals surface area (Å²) in [5.74, 6) is 2.40. The number of rotatable bonds is 4. The maximum absolute atomic E-state index is 12.4. The third-order valence-corrected chi connectivity index (χ3v) is 4.92. The molecule has 0 atom stereocenters. The van der Waals surface area contributed by atoms with Gasteiger partial charge in [0.05, 0.1) is 0 Å². The van der Waals surface area contributed by atoms with Gasteiger partial charge >= 0.3 is 0 Å². The van der Waals surface area contributed by atoms with E-state index in [9.17, 15) is 4.79 Å². The lowest BCUT2D eigenvalue weighted by Crippen LogP contribution is -2.49. The molecular weight excluding hydrogens is 424 g/mol. The van der Waals surface area contributed by atoms with Crippen LogP contribution in [0.3, 0.4) is 0 Å². The van der Waals surface area contributed by atoms with E-state index in [1.807, 2.05) is 31.2 Å². The van der Waals surface area contributed by atoms with Crippen LogP contribution in [0, 0.1) is 6.92 Å². The van der Waals surface area contributed by atoms with E-state index < -0.39 is 0 Å². The van der Waals surface area contributed by atoms with Crippen LogP contribution in [0.25, 0.3) is 0 Å². The first-order valence-electron chi connectivity index (χ1n) is 8.91. The Morgan fingerprint density at radius 2 is 1.82 bits per heavy atom. The second-order valence-electron chi connectivity index (χ2n) is 6.51. The van der Waals surface area contributed by atoms with Crippen LogP contribution in [0.15, 0.2) is 51.7 Å². The van der Waals surface area contributed by atoms with Gasteiger partial charge in [0.2, 0.25) is 0 Å². The van der Waals surface area contributed by atoms with Gasteiger partial charge in [0.1, 0.15) is 5.82 Å². The summed E-state index contributed by atoms with van der Waals surface area (Å²) in [6.07, 6.45) is 1.80. The maximum Gasteiger partial charge on any atom is 0.289 e. The van der Waals surface area contributed by atoms with Crippen molar-refractivity contribution in [1.29, 1.82) is 0 Å². The van der Waals surface area contributed by atoms with Crippen LogP contribution >= 0.6 is 15.9 Å². The highest BCUT2D eigenvalue weighted by Gasteiger charge is 2.24. The minimum atomic E-state index is -0.0958. The predicted octanol–water partition coefficient (Wildman–Crippen LogP) is 3.24. The first-order valence-corrected chi connectivity index (χ1v) is 9.71. The fraction of sp³-hybridized carbons (Fsp3) is 0.263. The second kappa shape index (κ2) is 7.97. The van der Waals surface area contributed by atoms with Crippen LogP contribution in [0.1, 0.15) is 16.1 Å². The smallest absolute Gasteiger partial charge is 0.289 e. The molecule has 4 heterocycles. The third-order valence-electron chi connectivity index (χ3n) is 4.49. The van der Waals surface area contributed by atoms with Crippen LogP contribution in [-0.2, 0) is 0 Å². The Bertz CT molecular complexity index is 949. The second-order valence-corrected chi connectivity index (χ2v) is 7.29. The summed E-state index contributed by atoms with van der Waals surface area (Å²) in [5.41, 5.74) is 1.10. The van der Waals surface area contributed by atoms with Crippen LogP contribution in [0.4, 0.5) is 17.5 Å². The standard InChI is InChI=1S/C19H19BrN6O2/c1-13-2-5-16(21-12-13)22-17-6-7-18(24-23-17)25-8-10-26(11-9-25)19(27)14-3-4-15(20)28-14/h2-7,12H,8-11H2,1H3,(H,21,22,23). The number of amides is 1. The summed E-state index contributed by atoms with van der Waals surface area (Å²) in [5, 5.41) is 11.7. The summed E-state index contributed by atoms with van der Waals surface area (Å²) in [7, 11) is 0. The molecule has 0 aromatic carbocycles. The minimum absolute atomic E-state index is 0.0958. The third kappa shape index (κ3) is 4.14. The monoisotopic (exact) mass is 442 g/mol. The lowest BCUT2D eigenvalue weighted by atomic mass is 10.3. The number of aromatic nitrogens is 3. The Morgan fingerprint density at radius 1 is 1.04 bits per heavy atom. The van der Waals surface area contributed by atoms with Crippen LogP contribution in [0.5, 0.6) is 0 Å². The molecule has 4 rings (SSSR count). The minimum Gasteiger partial charge on any atom is -0.444 e. The number of piperazine rings is 1. The van der Waals surface area contributed by atoms with E-state index in [2.05, 4.69) is 41.3 Å². The van der Waals surface area contributed by atoms with Crippen LogP contribution in [0.2, 0.25) is 0 Å². The Morgan fingerprint density at radius 3 is 2.43 bits per heavy atom. The summed E-state index contributed by atoms with van der Waals surface area (Å²) in [6, 6.07) is 11.1. The summed E-state index contributed by atoms with van der Waals surface area (Å²) < 4.78 is 5.91. The van der Waals surface area contributed by atoms with Gasteiger partial charge in [0, 0.05) is 32.4 Å². The SMILES string of the molecule is Cc1ccc(Nc2ccc(N3CCN(C(=O)c4ccc(Br)o4)CC3)nn2)nc1. The molecule has 1 aliphatic rings. The van der Waals surface area contributed by atoms with Crippen molar-refractivity contribution in [2.45, 2.75) is 6.92 Å². The molecule has 0 bridgehead atoms. The predicted molar refractivity (Wildman–Crippen MR) is 109 cm³/mol. The molecule has 1 aliphatic heterocycles. The molecule has 3 aromatic rings. The van der Waals surface area contributed by atoms with Crippen LogP contribution in [-0.4, -0.2) is 52.2 Å². The molecule has 0 unspecified atom stereocenters. The van der Waals surface area contributed by atoms with Gasteiger partial charge < -0.3 is 19.5 Å². The number of furan rings is 1. The van der Waals surface area contributed by atoms with Gasteiger partial charge in [0.15, 0.2) is 22.1 Å². The number of hydrogen-bond donors (Lipinski definition) is 1. The number of nitrogens with one attached hydrogen (secondary N) is 1. The van der Waals surface area contributed by atoms with Gasteiger partial charge in [-0.1, -0.05) is 6.07 Å². The van der Waals surface area contributed by atoms with Crippen LogP contribution < -0.4 is 10.2 Å². The van der Waals surface area contributed by atoms with Gasteiger partial charge in [-0.2, -0.15) is 0 Å². The zero-order valence-electron chi connectivity index (χ0n) is 15.3. The topological polar surface area (TPSA) is 87.4 Å². The number of pyridine rings is 1. The molecule has 8 nitrogen and oxygen atoms in total. The number of carbonyl (C=O) groups is 1. The molecule has 0 aliphatic carbocycles. The quantitative estimate of drug-likeness (QED) is 0.663. The first kappa shape index (κ1) is 18.4. The Labute approximate surface area is 170 Å². The maximum atomic E-state index is 12.4. The molecule has 1 fully saturated rings. The molecule has 1 N–H and O–H groups in total. The zero-order valence-corrected chi connectivity index (χ0v) is 16.9. The zero-order chi connectivity index (χ0) is 19.5. The van der Waals surface area contributed by atoms with E-state index in [1.54, 1.807) is 23.2 Å². The first-order chi connectivity index (χ1) is 13.6. The highest BCUT2D eigenvalue weighted by atomic mass is 79.9. The fourth-order valence-corrected chi connectivity index (χ4v) is 3.26. The van der Waals surface area contributed by atoms with Crippen molar-refractivity contribution in [3.05, 3.63) is 58.6 Å². The van der Waals surface area contributed by atoms with Gasteiger partial charge in [-0.25, -0.2) is 4.98 Å². The molecule has 28 heavy (non-hydrogen) atoms. The number of nitrogens with zero attached hydrogens (tertiary/aromatic N) is 5. The lowest BCUT2D eigenvalue weighted by molar-refractivity contribution is 0.0713. The Balaban J connectivity index is 1.34. The van der Waals surface area contributed by atoms with E-state index in [1.165, 1.54) is 0 Å². The average Bonchev–Trinajstić information content (AvgIpc) is 3.16. The highest BCUT2D eigenvalue weighted by Crippen LogP contribution is 2.19. The van der Waals surface area contributed by atoms with E-state index in [0.717, 1.165) is 17.2 Å². The van der Waals surface area contributed by atoms with E-state index in [-0.39, 0.29) is 5.91 Å². The summed E-state index contributed by atoms with van der Waals surface area (Å²) in [6.45, 7) is 4.58. The number of aryl methyl sites for hydroxylation is 1. The van der Waals surface area contributed by atoms with Gasteiger partial charge in [0.25, 0.3) is 5.91 Å². The molecule has 0 saturated carbocycles. The number of carbonyl (C=O) groups excluding carboxylic acids is 1. The molecule has 1 saturated heterocycles. The highest BCUT2D eigenvalue weighted by molar-refractivity contribution is 9.10. The molecular formula is C19H19BrN6O2. The van der Waals surface area contributed by atoms with Gasteiger partial charge in [-0.15, -0.1) is 10.2 Å². The number of anilines is 3. The van der Waals surface area contributed by atoms with Crippen molar-refractivity contribution < 1.29 is 9.21 Å². The average molecular weight is 443 g/mol. The van der Waals surface area contributed by atoms with Gasteiger partial charge in [-0.3, -0.25) is 4.79 Å². The van der Waals surface area contributed by atoms with Crippen molar-refractivity contribution in [3.8, 4) is 0 Å². The summed E-state index contributed by atoms with van der Waals surface area (Å²) in [4.78, 5) is 20.6. The van der Waals surface area contributed by atoms with Crippen molar-refractivity contribution in [1.82, 2.24) is 20.1 Å². The van der Waals surface area contributed by atoms with Crippen molar-refractivity contribution in [3.63, 3.8) is 0 Å². The van der Waals surface area contributed by atoms with E-state index in [4.69, 9.17) is 4.42 Å². The van der Waals surface area contributed by atoms with Gasteiger partial charge in [-0.05, 0) is 58.7 Å². The molecule has 1 amide bonds. The molecule has 144 valence electrons. The Kier molecular flexibility index (Phi) is 5.25. The van der Waals surface area contributed by atoms with Crippen molar-refractivity contribution in [2.75, 3.05) is 36.4 Å². The van der Waals surface area contributed by atoms with E-state index in [0.29, 0.717) is 42.4 Å². The molecule has 9 heteroatoms. The lowest BCUT2D eigenvalue weighted by Gasteiger charge is -2.34. The molecule has 0 spiro atoms.